The molecule has 0 aliphatic carbocycles. The Morgan fingerprint density at radius 1 is 0.875 bits per heavy atom. The summed E-state index contributed by atoms with van der Waals surface area (Å²) in [4.78, 5) is -0.113. The molecule has 9 nitrogen and oxygen atoms in total. The van der Waals surface area contributed by atoms with E-state index < -0.39 is 20.0 Å². The molecular formula is C21H28N2O7S2. The zero-order valence-electron chi connectivity index (χ0n) is 18.3. The molecule has 2 aromatic rings. The van der Waals surface area contributed by atoms with E-state index in [-0.39, 0.29) is 33.6 Å². The second-order valence-corrected chi connectivity index (χ2v) is 10.8. The van der Waals surface area contributed by atoms with Gasteiger partial charge < -0.3 is 14.2 Å². The van der Waals surface area contributed by atoms with E-state index in [1.165, 1.54) is 54.9 Å². The first kappa shape index (κ1) is 24.1. The lowest BCUT2D eigenvalue weighted by molar-refractivity contribution is 0.323. The summed E-state index contributed by atoms with van der Waals surface area (Å²) in [5, 5.41) is 0. The summed E-state index contributed by atoms with van der Waals surface area (Å²) in [7, 11) is -5.00. The lowest BCUT2D eigenvalue weighted by Crippen LogP contribution is -2.35. The van der Waals surface area contributed by atoms with Crippen LogP contribution in [0.3, 0.4) is 0 Å². The Kier molecular flexibility index (Phi) is 7.52. The zero-order valence-corrected chi connectivity index (χ0v) is 20.0. The summed E-state index contributed by atoms with van der Waals surface area (Å²) in [5.41, 5.74) is 0.110. The topological polar surface area (TPSA) is 111 Å². The van der Waals surface area contributed by atoms with E-state index in [0.29, 0.717) is 18.8 Å². The summed E-state index contributed by atoms with van der Waals surface area (Å²) in [6, 6.07) is 8.43. The molecule has 11 heteroatoms. The maximum Gasteiger partial charge on any atom is 0.262 e. The number of benzene rings is 2. The SMILES string of the molecule is CCOc1ccc(NS(=O)(=O)c2ccc(OC)c(OC)c2)cc1S(=O)(=O)N1CCCCC1. The van der Waals surface area contributed by atoms with Crippen LogP contribution in [0, 0.1) is 0 Å². The fourth-order valence-corrected chi connectivity index (χ4v) is 6.23. The fourth-order valence-electron chi connectivity index (χ4n) is 3.49. The highest BCUT2D eigenvalue weighted by molar-refractivity contribution is 7.92. The molecule has 1 saturated heterocycles. The molecule has 1 aliphatic heterocycles. The molecule has 1 heterocycles. The maximum absolute atomic E-state index is 13.3. The lowest BCUT2D eigenvalue weighted by Gasteiger charge is -2.27. The van der Waals surface area contributed by atoms with Crippen molar-refractivity contribution in [2.45, 2.75) is 36.0 Å². The number of methoxy groups -OCH3 is 2. The number of anilines is 1. The van der Waals surface area contributed by atoms with Gasteiger partial charge in [0.1, 0.15) is 10.6 Å². The summed E-state index contributed by atoms with van der Waals surface area (Å²) in [5.74, 6) is 0.838. The molecule has 32 heavy (non-hydrogen) atoms. The number of hydrogen-bond acceptors (Lipinski definition) is 7. The van der Waals surface area contributed by atoms with E-state index in [4.69, 9.17) is 14.2 Å². The normalized spacial score (nSPS) is 15.2. The van der Waals surface area contributed by atoms with Crippen LogP contribution in [0.15, 0.2) is 46.2 Å². The first-order valence-corrected chi connectivity index (χ1v) is 13.2. The molecule has 1 N–H and O–H groups in total. The Morgan fingerprint density at radius 2 is 1.53 bits per heavy atom. The van der Waals surface area contributed by atoms with Crippen molar-refractivity contribution < 1.29 is 31.0 Å². The van der Waals surface area contributed by atoms with Crippen LogP contribution < -0.4 is 18.9 Å². The largest absolute Gasteiger partial charge is 0.493 e. The minimum Gasteiger partial charge on any atom is -0.493 e. The molecule has 2 aromatic carbocycles. The Hall–Kier alpha value is -2.50. The van der Waals surface area contributed by atoms with Gasteiger partial charge in [0.2, 0.25) is 10.0 Å². The molecule has 0 saturated carbocycles. The summed E-state index contributed by atoms with van der Waals surface area (Å²) in [6.45, 7) is 2.88. The van der Waals surface area contributed by atoms with Crippen molar-refractivity contribution in [2.24, 2.45) is 0 Å². The fraction of sp³-hybridized carbons (Fsp3) is 0.429. The van der Waals surface area contributed by atoms with Crippen LogP contribution in [0.4, 0.5) is 5.69 Å². The Morgan fingerprint density at radius 3 is 2.16 bits per heavy atom. The molecule has 0 atom stereocenters. The highest BCUT2D eigenvalue weighted by Gasteiger charge is 2.30. The molecule has 0 aromatic heterocycles. The van der Waals surface area contributed by atoms with Gasteiger partial charge in [-0.15, -0.1) is 0 Å². The van der Waals surface area contributed by atoms with Gasteiger partial charge >= 0.3 is 0 Å². The Bertz CT molecular complexity index is 1160. The number of sulfonamides is 2. The van der Waals surface area contributed by atoms with Crippen LogP contribution in [0.25, 0.3) is 0 Å². The van der Waals surface area contributed by atoms with E-state index >= 15 is 0 Å². The second kappa shape index (κ2) is 9.97. The number of nitrogens with zero attached hydrogens (tertiary/aromatic N) is 1. The van der Waals surface area contributed by atoms with Gasteiger partial charge in [0.15, 0.2) is 11.5 Å². The number of ether oxygens (including phenoxy) is 3. The van der Waals surface area contributed by atoms with Gasteiger partial charge in [0.05, 0.1) is 31.4 Å². The minimum atomic E-state index is -4.02. The molecule has 3 rings (SSSR count). The smallest absolute Gasteiger partial charge is 0.262 e. The van der Waals surface area contributed by atoms with Gasteiger partial charge in [0.25, 0.3) is 10.0 Å². The summed E-state index contributed by atoms with van der Waals surface area (Å²) < 4.78 is 72.1. The van der Waals surface area contributed by atoms with Crippen molar-refractivity contribution >= 4 is 25.7 Å². The lowest BCUT2D eigenvalue weighted by atomic mass is 10.2. The monoisotopic (exact) mass is 484 g/mol. The quantitative estimate of drug-likeness (QED) is 0.582. The van der Waals surface area contributed by atoms with Crippen LogP contribution in [-0.2, 0) is 20.0 Å². The van der Waals surface area contributed by atoms with E-state index in [1.54, 1.807) is 6.92 Å². The molecule has 0 unspecified atom stereocenters. The molecule has 0 bridgehead atoms. The van der Waals surface area contributed by atoms with Gasteiger partial charge in [-0.25, -0.2) is 16.8 Å². The Balaban J connectivity index is 1.97. The molecule has 176 valence electrons. The van der Waals surface area contributed by atoms with E-state index in [1.807, 2.05) is 0 Å². The number of piperidine rings is 1. The number of rotatable bonds is 9. The van der Waals surface area contributed by atoms with E-state index in [9.17, 15) is 16.8 Å². The van der Waals surface area contributed by atoms with Crippen molar-refractivity contribution in [2.75, 3.05) is 38.6 Å². The minimum absolute atomic E-state index is 0.0514. The van der Waals surface area contributed by atoms with Gasteiger partial charge in [-0.1, -0.05) is 6.42 Å². The zero-order chi connectivity index (χ0) is 23.4. The van der Waals surface area contributed by atoms with Crippen molar-refractivity contribution in [1.82, 2.24) is 4.31 Å². The van der Waals surface area contributed by atoms with Crippen LogP contribution in [-0.4, -0.2) is 55.1 Å². The third kappa shape index (κ3) is 5.11. The first-order valence-electron chi connectivity index (χ1n) is 10.2. The molecule has 1 fully saturated rings. The predicted molar refractivity (Wildman–Crippen MR) is 121 cm³/mol. The van der Waals surface area contributed by atoms with Gasteiger partial charge in [-0.2, -0.15) is 4.31 Å². The van der Waals surface area contributed by atoms with Crippen LogP contribution >= 0.6 is 0 Å². The molecular weight excluding hydrogens is 456 g/mol. The summed E-state index contributed by atoms with van der Waals surface area (Å²) in [6.07, 6.45) is 2.55. The molecule has 1 aliphatic rings. The second-order valence-electron chi connectivity index (χ2n) is 7.18. The van der Waals surface area contributed by atoms with Crippen LogP contribution in [0.5, 0.6) is 17.2 Å². The molecule has 0 spiro atoms. The Labute approximate surface area is 189 Å². The van der Waals surface area contributed by atoms with Gasteiger partial charge in [0, 0.05) is 19.2 Å². The van der Waals surface area contributed by atoms with Crippen LogP contribution in [0.1, 0.15) is 26.2 Å². The van der Waals surface area contributed by atoms with Crippen molar-refractivity contribution in [3.63, 3.8) is 0 Å². The van der Waals surface area contributed by atoms with Crippen LogP contribution in [0.2, 0.25) is 0 Å². The van der Waals surface area contributed by atoms with Gasteiger partial charge in [-0.05, 0) is 50.1 Å². The molecule has 0 amide bonds. The van der Waals surface area contributed by atoms with Gasteiger partial charge in [-0.3, -0.25) is 4.72 Å². The van der Waals surface area contributed by atoms with E-state index in [0.717, 1.165) is 19.3 Å². The highest BCUT2D eigenvalue weighted by atomic mass is 32.2. The maximum atomic E-state index is 13.3. The highest BCUT2D eigenvalue weighted by Crippen LogP contribution is 2.33. The van der Waals surface area contributed by atoms with Crippen molar-refractivity contribution in [3.05, 3.63) is 36.4 Å². The number of hydrogen-bond donors (Lipinski definition) is 1. The predicted octanol–water partition coefficient (Wildman–Crippen LogP) is 3.08. The summed E-state index contributed by atoms with van der Waals surface area (Å²) >= 11 is 0. The first-order chi connectivity index (χ1) is 15.2. The van der Waals surface area contributed by atoms with Crippen molar-refractivity contribution in [3.8, 4) is 17.2 Å². The van der Waals surface area contributed by atoms with Crippen molar-refractivity contribution in [1.29, 1.82) is 0 Å². The third-order valence-corrected chi connectivity index (χ3v) is 8.39. The standard InChI is InChI=1S/C21H28N2O7S2/c1-4-30-19-10-8-16(14-21(19)32(26,27)23-12-6-5-7-13-23)22-31(24,25)17-9-11-18(28-2)20(15-17)29-3/h8-11,14-15,22H,4-7,12-13H2,1-3H3. The number of nitrogens with one attached hydrogen (secondary N) is 1. The van der Waals surface area contributed by atoms with E-state index in [2.05, 4.69) is 4.72 Å². The molecule has 0 radical (unpaired) electrons. The average Bonchev–Trinajstić information content (AvgIpc) is 2.80. The third-order valence-electron chi connectivity index (χ3n) is 5.09. The average molecular weight is 485 g/mol.